The number of piperazine rings is 1. The number of hydrogen-bond acceptors (Lipinski definition) is 3. The number of pyridine rings is 1. The normalized spacial score (nSPS) is 23.6. The van der Waals surface area contributed by atoms with Crippen molar-refractivity contribution in [1.82, 2.24) is 15.2 Å². The van der Waals surface area contributed by atoms with Crippen molar-refractivity contribution in [3.05, 3.63) is 23.9 Å². The number of fused-ring (bicyclic) bond motifs is 1. The number of amides is 2. The highest BCUT2D eigenvalue weighted by atomic mass is 16.2. The van der Waals surface area contributed by atoms with E-state index >= 15 is 0 Å². The van der Waals surface area contributed by atoms with Crippen LogP contribution in [-0.2, 0) is 0 Å². The summed E-state index contributed by atoms with van der Waals surface area (Å²) in [4.78, 5) is 20.2. The van der Waals surface area contributed by atoms with Gasteiger partial charge in [-0.25, -0.2) is 9.78 Å². The van der Waals surface area contributed by atoms with E-state index in [1.165, 1.54) is 0 Å². The van der Waals surface area contributed by atoms with Crippen molar-refractivity contribution in [3.63, 3.8) is 0 Å². The summed E-state index contributed by atoms with van der Waals surface area (Å²) in [6, 6.07) is 6.43. The molecule has 17 heavy (non-hydrogen) atoms. The van der Waals surface area contributed by atoms with Crippen LogP contribution in [-0.4, -0.2) is 48.1 Å². The number of urea groups is 1. The van der Waals surface area contributed by atoms with Gasteiger partial charge in [0.1, 0.15) is 5.82 Å². The van der Waals surface area contributed by atoms with Crippen LogP contribution in [0.5, 0.6) is 0 Å². The van der Waals surface area contributed by atoms with Gasteiger partial charge >= 0.3 is 6.03 Å². The molecule has 2 fully saturated rings. The molecular formula is C12H16N4O. The first-order valence-corrected chi connectivity index (χ1v) is 5.97. The van der Waals surface area contributed by atoms with Crippen LogP contribution >= 0.6 is 0 Å². The number of anilines is 1. The first kappa shape index (κ1) is 10.4. The average molecular weight is 232 g/mol. The largest absolute Gasteiger partial charge is 0.353 e. The highest BCUT2D eigenvalue weighted by Gasteiger charge is 2.35. The third kappa shape index (κ3) is 1.81. The van der Waals surface area contributed by atoms with E-state index in [0.29, 0.717) is 6.04 Å². The molecule has 1 aromatic rings. The monoisotopic (exact) mass is 232 g/mol. The highest BCUT2D eigenvalue weighted by Crippen LogP contribution is 2.19. The van der Waals surface area contributed by atoms with Gasteiger partial charge in [-0.05, 0) is 19.1 Å². The Labute approximate surface area is 100 Å². The second-order valence-electron chi connectivity index (χ2n) is 4.62. The lowest BCUT2D eigenvalue weighted by molar-refractivity contribution is 0.197. The van der Waals surface area contributed by atoms with Crippen molar-refractivity contribution in [2.75, 3.05) is 31.1 Å². The molecule has 90 valence electrons. The number of carbonyl (C=O) groups is 1. The summed E-state index contributed by atoms with van der Waals surface area (Å²) in [6.07, 6.45) is 0. The highest BCUT2D eigenvalue weighted by molar-refractivity contribution is 5.77. The van der Waals surface area contributed by atoms with Crippen molar-refractivity contribution in [2.24, 2.45) is 0 Å². The lowest BCUT2D eigenvalue weighted by Gasteiger charge is -2.37. The van der Waals surface area contributed by atoms with Crippen molar-refractivity contribution in [1.29, 1.82) is 0 Å². The van der Waals surface area contributed by atoms with Crippen molar-refractivity contribution < 1.29 is 4.79 Å². The molecule has 1 N–H and O–H groups in total. The van der Waals surface area contributed by atoms with Crippen LogP contribution in [0.2, 0.25) is 0 Å². The topological polar surface area (TPSA) is 48.5 Å². The van der Waals surface area contributed by atoms with Crippen molar-refractivity contribution in [2.45, 2.75) is 13.0 Å². The Morgan fingerprint density at radius 2 is 2.29 bits per heavy atom. The van der Waals surface area contributed by atoms with Crippen LogP contribution in [0.25, 0.3) is 0 Å². The molecule has 2 aliphatic rings. The van der Waals surface area contributed by atoms with Crippen LogP contribution in [0, 0.1) is 6.92 Å². The van der Waals surface area contributed by atoms with Gasteiger partial charge in [0.05, 0.1) is 6.04 Å². The second-order valence-corrected chi connectivity index (χ2v) is 4.62. The molecule has 0 saturated carbocycles. The molecule has 0 unspecified atom stereocenters. The van der Waals surface area contributed by atoms with E-state index in [2.05, 4.69) is 15.2 Å². The van der Waals surface area contributed by atoms with E-state index < -0.39 is 0 Å². The molecule has 0 aromatic carbocycles. The molecule has 2 aliphatic heterocycles. The number of nitrogens with zero attached hydrogens (tertiary/aromatic N) is 3. The van der Waals surface area contributed by atoms with Crippen molar-refractivity contribution in [3.8, 4) is 0 Å². The Bertz CT molecular complexity index is 448. The maximum absolute atomic E-state index is 11.5. The number of nitrogens with one attached hydrogen (secondary N) is 1. The van der Waals surface area contributed by atoms with Gasteiger partial charge in [-0.1, -0.05) is 6.07 Å². The summed E-state index contributed by atoms with van der Waals surface area (Å²) in [5.41, 5.74) is 1.03. The molecule has 2 saturated heterocycles. The molecule has 1 aromatic heterocycles. The van der Waals surface area contributed by atoms with E-state index in [-0.39, 0.29) is 6.03 Å². The van der Waals surface area contributed by atoms with E-state index in [9.17, 15) is 4.79 Å². The molecule has 2 amide bonds. The summed E-state index contributed by atoms with van der Waals surface area (Å²) in [6.45, 7) is 5.27. The fraction of sp³-hybridized carbons (Fsp3) is 0.500. The smallest absolute Gasteiger partial charge is 0.317 e. The second kappa shape index (κ2) is 3.91. The quantitative estimate of drug-likeness (QED) is 0.771. The zero-order valence-corrected chi connectivity index (χ0v) is 9.89. The first-order chi connectivity index (χ1) is 8.24. The fourth-order valence-electron chi connectivity index (χ4n) is 2.52. The third-order valence-electron chi connectivity index (χ3n) is 3.43. The van der Waals surface area contributed by atoms with Gasteiger partial charge in [-0.2, -0.15) is 0 Å². The molecule has 1 atom stereocenters. The van der Waals surface area contributed by atoms with Gasteiger partial charge in [0.2, 0.25) is 0 Å². The van der Waals surface area contributed by atoms with Crippen LogP contribution in [0.3, 0.4) is 0 Å². The van der Waals surface area contributed by atoms with Crippen LogP contribution in [0.15, 0.2) is 18.2 Å². The van der Waals surface area contributed by atoms with Gasteiger partial charge in [0, 0.05) is 31.9 Å². The van der Waals surface area contributed by atoms with E-state index in [1.54, 1.807) is 0 Å². The minimum absolute atomic E-state index is 0.0758. The predicted octanol–water partition coefficient (Wildman–Crippen LogP) is 0.604. The van der Waals surface area contributed by atoms with Crippen LogP contribution < -0.4 is 10.2 Å². The molecule has 0 aliphatic carbocycles. The Morgan fingerprint density at radius 3 is 3.12 bits per heavy atom. The van der Waals surface area contributed by atoms with Crippen molar-refractivity contribution >= 4 is 11.8 Å². The van der Waals surface area contributed by atoms with E-state index in [1.807, 2.05) is 30.0 Å². The van der Waals surface area contributed by atoms with Gasteiger partial charge in [-0.3, -0.25) is 0 Å². The standard InChI is InChI=1S/C12H16N4O/c1-9-3-2-4-11(14-9)15-5-6-16-10(8-15)7-13-12(16)17/h2-4,10H,5-8H2,1H3,(H,13,17)/t10-/m1/s1. The Morgan fingerprint density at radius 1 is 1.41 bits per heavy atom. The molecule has 5 heteroatoms. The van der Waals surface area contributed by atoms with Crippen LogP contribution in [0.1, 0.15) is 5.69 Å². The zero-order valence-electron chi connectivity index (χ0n) is 9.89. The maximum Gasteiger partial charge on any atom is 0.317 e. The SMILES string of the molecule is Cc1cccc(N2CCN3C(=O)NC[C@@H]3C2)n1. The Balaban J connectivity index is 1.77. The zero-order chi connectivity index (χ0) is 11.8. The summed E-state index contributed by atoms with van der Waals surface area (Å²) in [5.74, 6) is 1.02. The Kier molecular flexibility index (Phi) is 2.39. The van der Waals surface area contributed by atoms with E-state index in [4.69, 9.17) is 0 Å². The number of aromatic nitrogens is 1. The van der Waals surface area contributed by atoms with Gasteiger partial charge in [0.25, 0.3) is 0 Å². The minimum atomic E-state index is 0.0758. The van der Waals surface area contributed by atoms with Gasteiger partial charge in [-0.15, -0.1) is 0 Å². The lowest BCUT2D eigenvalue weighted by atomic mass is 10.2. The predicted molar refractivity (Wildman–Crippen MR) is 65.1 cm³/mol. The number of aryl methyl sites for hydroxylation is 1. The molecular weight excluding hydrogens is 216 g/mol. The number of rotatable bonds is 1. The first-order valence-electron chi connectivity index (χ1n) is 5.97. The lowest BCUT2D eigenvalue weighted by Crippen LogP contribution is -2.52. The molecule has 5 nitrogen and oxygen atoms in total. The minimum Gasteiger partial charge on any atom is -0.353 e. The van der Waals surface area contributed by atoms with Gasteiger partial charge in [0.15, 0.2) is 0 Å². The number of carbonyl (C=O) groups excluding carboxylic acids is 1. The third-order valence-corrected chi connectivity index (χ3v) is 3.43. The molecule has 0 spiro atoms. The average Bonchev–Trinajstić information content (AvgIpc) is 2.71. The molecule has 3 heterocycles. The fourth-order valence-corrected chi connectivity index (χ4v) is 2.52. The Hall–Kier alpha value is -1.78. The number of hydrogen-bond donors (Lipinski definition) is 1. The van der Waals surface area contributed by atoms with Crippen LogP contribution in [0.4, 0.5) is 10.6 Å². The molecule has 0 bridgehead atoms. The summed E-state index contributed by atoms with van der Waals surface area (Å²) >= 11 is 0. The maximum atomic E-state index is 11.5. The molecule has 0 radical (unpaired) electrons. The summed E-state index contributed by atoms with van der Waals surface area (Å²) in [5, 5.41) is 2.88. The van der Waals surface area contributed by atoms with Gasteiger partial charge < -0.3 is 15.1 Å². The summed E-state index contributed by atoms with van der Waals surface area (Å²) in [7, 11) is 0. The van der Waals surface area contributed by atoms with E-state index in [0.717, 1.165) is 37.7 Å². The summed E-state index contributed by atoms with van der Waals surface area (Å²) < 4.78 is 0. The molecule has 3 rings (SSSR count).